The second-order valence-electron chi connectivity index (χ2n) is 7.88. The fraction of sp³-hybridized carbons (Fsp3) is 0.348. The maximum Gasteiger partial charge on any atom is 0.306 e. The van der Waals surface area contributed by atoms with Gasteiger partial charge in [-0.2, -0.15) is 5.26 Å². The van der Waals surface area contributed by atoms with Crippen molar-refractivity contribution in [2.45, 2.75) is 45.8 Å². The van der Waals surface area contributed by atoms with E-state index in [0.29, 0.717) is 18.5 Å². The summed E-state index contributed by atoms with van der Waals surface area (Å²) in [5, 5.41) is 20.6. The zero-order valence-electron chi connectivity index (χ0n) is 16.6. The summed E-state index contributed by atoms with van der Waals surface area (Å²) in [6.45, 7) is 4.22. The first-order valence-electron chi connectivity index (χ1n) is 9.81. The number of carbonyl (C=O) groups is 1. The number of aromatic hydroxyl groups is 1. The van der Waals surface area contributed by atoms with Crippen LogP contribution in [0, 0.1) is 17.2 Å². The number of carbonyl (C=O) groups excluding carboxylic acids is 1. The Labute approximate surface area is 169 Å². The van der Waals surface area contributed by atoms with Gasteiger partial charge in [0.05, 0.1) is 30.5 Å². The lowest BCUT2D eigenvalue weighted by Crippen LogP contribution is -2.16. The molecular weight excluding hydrogens is 366 g/mol. The Kier molecular flexibility index (Phi) is 4.98. The highest BCUT2D eigenvalue weighted by molar-refractivity contribution is 5.88. The van der Waals surface area contributed by atoms with Gasteiger partial charge in [-0.05, 0) is 62.4 Å². The van der Waals surface area contributed by atoms with Gasteiger partial charge in [-0.15, -0.1) is 0 Å². The number of aromatic nitrogens is 2. The zero-order valence-corrected chi connectivity index (χ0v) is 16.6. The van der Waals surface area contributed by atoms with Crippen LogP contribution in [0.15, 0.2) is 36.7 Å². The third-order valence-corrected chi connectivity index (χ3v) is 5.43. The maximum absolute atomic E-state index is 12.2. The molecule has 2 heterocycles. The van der Waals surface area contributed by atoms with E-state index in [-0.39, 0.29) is 23.7 Å². The molecule has 0 aliphatic heterocycles. The molecular formula is C23H23N3O3. The first-order chi connectivity index (χ1) is 14.0. The van der Waals surface area contributed by atoms with Crippen molar-refractivity contribution in [3.63, 3.8) is 0 Å². The van der Waals surface area contributed by atoms with Crippen molar-refractivity contribution in [3.8, 4) is 11.8 Å². The number of rotatable bonds is 5. The van der Waals surface area contributed by atoms with Gasteiger partial charge < -0.3 is 14.4 Å². The van der Waals surface area contributed by atoms with Crippen molar-refractivity contribution in [3.05, 3.63) is 59.0 Å². The van der Waals surface area contributed by atoms with E-state index in [2.05, 4.69) is 15.6 Å². The van der Waals surface area contributed by atoms with Crippen LogP contribution in [0.25, 0.3) is 10.9 Å². The molecule has 0 saturated carbocycles. The summed E-state index contributed by atoms with van der Waals surface area (Å²) in [4.78, 5) is 16.1. The van der Waals surface area contributed by atoms with Gasteiger partial charge in [0.25, 0.3) is 0 Å². The van der Waals surface area contributed by atoms with Gasteiger partial charge in [-0.3, -0.25) is 9.78 Å². The number of pyridine rings is 1. The Morgan fingerprint density at radius 1 is 1.38 bits per heavy atom. The van der Waals surface area contributed by atoms with Gasteiger partial charge in [0.15, 0.2) is 0 Å². The molecule has 0 spiro atoms. The topological polar surface area (TPSA) is 88.1 Å². The van der Waals surface area contributed by atoms with Crippen LogP contribution in [-0.4, -0.2) is 26.7 Å². The molecule has 1 aromatic carbocycles. The van der Waals surface area contributed by atoms with Crippen LogP contribution in [0.1, 0.15) is 42.7 Å². The van der Waals surface area contributed by atoms with E-state index in [0.717, 1.165) is 35.0 Å². The fourth-order valence-electron chi connectivity index (χ4n) is 4.23. The smallest absolute Gasteiger partial charge is 0.306 e. The molecule has 0 bridgehead atoms. The van der Waals surface area contributed by atoms with Gasteiger partial charge in [-0.1, -0.05) is 0 Å². The zero-order chi connectivity index (χ0) is 20.5. The summed E-state index contributed by atoms with van der Waals surface area (Å²) in [5.74, 6) is 0.168. The molecule has 0 unspecified atom stereocenters. The number of nitriles is 1. The Morgan fingerprint density at radius 2 is 2.21 bits per heavy atom. The second kappa shape index (κ2) is 7.59. The molecule has 0 saturated heterocycles. The molecule has 29 heavy (non-hydrogen) atoms. The first kappa shape index (κ1) is 19.0. The normalized spacial score (nSPS) is 15.4. The van der Waals surface area contributed by atoms with E-state index in [4.69, 9.17) is 4.74 Å². The number of hydrogen-bond acceptors (Lipinski definition) is 5. The SMILES string of the molecule is CC(C)OC(=O)C[C@H]1Cc2c(n(Cc3ccncc3O)c3ccc(C#N)cc23)C1. The quantitative estimate of drug-likeness (QED) is 0.672. The standard InChI is InChI=1S/C23H23N3O3/c1-14(2)29-23(28)10-16-8-19-18-7-15(11-24)3-4-20(18)26(21(19)9-16)13-17-5-6-25-12-22(17)27/h3-7,12,14,16,27H,8-10,13H2,1-2H3/t16-/m0/s1. The van der Waals surface area contributed by atoms with Gasteiger partial charge in [-0.25, -0.2) is 0 Å². The average Bonchev–Trinajstić information content (AvgIpc) is 3.20. The van der Waals surface area contributed by atoms with Crippen molar-refractivity contribution in [2.24, 2.45) is 5.92 Å². The summed E-state index contributed by atoms with van der Waals surface area (Å²) in [6.07, 6.45) is 4.93. The van der Waals surface area contributed by atoms with Gasteiger partial charge in [0.1, 0.15) is 5.75 Å². The number of fused-ring (bicyclic) bond motifs is 3. The number of esters is 1. The van der Waals surface area contributed by atoms with Crippen LogP contribution >= 0.6 is 0 Å². The van der Waals surface area contributed by atoms with Crippen molar-refractivity contribution in [2.75, 3.05) is 0 Å². The predicted octanol–water partition coefficient (Wildman–Crippen LogP) is 3.72. The molecule has 4 rings (SSSR count). The minimum Gasteiger partial charge on any atom is -0.506 e. The molecule has 0 fully saturated rings. The predicted molar refractivity (Wildman–Crippen MR) is 108 cm³/mol. The third-order valence-electron chi connectivity index (χ3n) is 5.43. The summed E-state index contributed by atoms with van der Waals surface area (Å²) in [6, 6.07) is 9.73. The highest BCUT2D eigenvalue weighted by atomic mass is 16.5. The fourth-order valence-corrected chi connectivity index (χ4v) is 4.23. The van der Waals surface area contributed by atoms with Crippen LogP contribution < -0.4 is 0 Å². The molecule has 0 radical (unpaired) electrons. The van der Waals surface area contributed by atoms with Crippen molar-refractivity contribution in [1.29, 1.82) is 5.26 Å². The number of ether oxygens (including phenoxy) is 1. The lowest BCUT2D eigenvalue weighted by molar-refractivity contribution is -0.148. The summed E-state index contributed by atoms with van der Waals surface area (Å²) in [5.41, 5.74) is 4.79. The van der Waals surface area contributed by atoms with Gasteiger partial charge in [0.2, 0.25) is 0 Å². The van der Waals surface area contributed by atoms with E-state index >= 15 is 0 Å². The van der Waals surface area contributed by atoms with Gasteiger partial charge >= 0.3 is 5.97 Å². The lowest BCUT2D eigenvalue weighted by atomic mass is 10.0. The Hall–Kier alpha value is -3.33. The largest absolute Gasteiger partial charge is 0.506 e. The summed E-state index contributed by atoms with van der Waals surface area (Å²) >= 11 is 0. The molecule has 6 heteroatoms. The molecule has 3 aromatic rings. The Balaban J connectivity index is 1.72. The Bertz CT molecular complexity index is 1120. The first-order valence-corrected chi connectivity index (χ1v) is 9.81. The molecule has 1 aliphatic rings. The van der Waals surface area contributed by atoms with E-state index in [1.54, 1.807) is 6.20 Å². The monoisotopic (exact) mass is 389 g/mol. The Morgan fingerprint density at radius 3 is 2.93 bits per heavy atom. The summed E-state index contributed by atoms with van der Waals surface area (Å²) in [7, 11) is 0. The minimum absolute atomic E-state index is 0.117. The number of nitrogens with zero attached hydrogens (tertiary/aromatic N) is 3. The molecule has 2 aromatic heterocycles. The third kappa shape index (κ3) is 3.68. The summed E-state index contributed by atoms with van der Waals surface area (Å²) < 4.78 is 7.51. The van der Waals surface area contributed by atoms with Crippen LogP contribution in [0.4, 0.5) is 0 Å². The van der Waals surface area contributed by atoms with Crippen LogP contribution in [-0.2, 0) is 28.9 Å². The highest BCUT2D eigenvalue weighted by Crippen LogP contribution is 2.38. The van der Waals surface area contributed by atoms with Crippen molar-refractivity contribution >= 4 is 16.9 Å². The molecule has 1 atom stereocenters. The van der Waals surface area contributed by atoms with E-state index in [9.17, 15) is 15.2 Å². The van der Waals surface area contributed by atoms with E-state index in [1.807, 2.05) is 38.1 Å². The van der Waals surface area contributed by atoms with Crippen LogP contribution in [0.5, 0.6) is 5.75 Å². The lowest BCUT2D eigenvalue weighted by Gasteiger charge is -2.14. The van der Waals surface area contributed by atoms with Crippen LogP contribution in [0.2, 0.25) is 0 Å². The molecule has 1 N–H and O–H groups in total. The molecule has 6 nitrogen and oxygen atoms in total. The number of hydrogen-bond donors (Lipinski definition) is 1. The van der Waals surface area contributed by atoms with Crippen molar-refractivity contribution < 1.29 is 14.6 Å². The van der Waals surface area contributed by atoms with Crippen LogP contribution in [0.3, 0.4) is 0 Å². The van der Waals surface area contributed by atoms with E-state index in [1.165, 1.54) is 11.8 Å². The minimum atomic E-state index is -0.171. The van der Waals surface area contributed by atoms with E-state index < -0.39 is 0 Å². The highest BCUT2D eigenvalue weighted by Gasteiger charge is 2.30. The van der Waals surface area contributed by atoms with Crippen molar-refractivity contribution in [1.82, 2.24) is 9.55 Å². The maximum atomic E-state index is 12.2. The number of benzene rings is 1. The molecule has 148 valence electrons. The molecule has 0 amide bonds. The van der Waals surface area contributed by atoms with Gasteiger partial charge in [0, 0.05) is 34.8 Å². The second-order valence-corrected chi connectivity index (χ2v) is 7.88. The average molecular weight is 389 g/mol. The molecule has 1 aliphatic carbocycles.